The molecule has 0 saturated heterocycles. The van der Waals surface area contributed by atoms with E-state index in [0.717, 1.165) is 18.5 Å². The summed E-state index contributed by atoms with van der Waals surface area (Å²) in [6, 6.07) is 3.97. The molecule has 0 aliphatic rings. The zero-order chi connectivity index (χ0) is 10.9. The molecule has 0 aromatic rings. The highest BCUT2D eigenvalue weighted by Crippen LogP contribution is 2.22. The second kappa shape index (κ2) is 7.98. The minimum absolute atomic E-state index is 0.548. The van der Waals surface area contributed by atoms with Gasteiger partial charge in [0.1, 0.15) is 0 Å². The maximum absolute atomic E-state index is 8.60. The van der Waals surface area contributed by atoms with E-state index in [4.69, 9.17) is 14.1 Å². The number of hydrogen-bond acceptors (Lipinski definition) is 3. The standard InChI is InChI=1S/C10H21NO2Si/c1-4-9-14(12-5-2,13-6-3)10-7-8-11/h4-7,9-10H2,1-3H3. The first-order chi connectivity index (χ1) is 6.74. The molecule has 0 amide bonds. The lowest BCUT2D eigenvalue weighted by Crippen LogP contribution is -2.41. The first-order valence-corrected chi connectivity index (χ1v) is 7.62. The van der Waals surface area contributed by atoms with Crippen molar-refractivity contribution in [2.45, 2.75) is 45.7 Å². The number of nitriles is 1. The van der Waals surface area contributed by atoms with Crippen LogP contribution in [-0.4, -0.2) is 21.8 Å². The Kier molecular flexibility index (Phi) is 7.77. The molecular weight excluding hydrogens is 194 g/mol. The Bertz CT molecular complexity index is 162. The maximum Gasteiger partial charge on any atom is 0.339 e. The van der Waals surface area contributed by atoms with Crippen LogP contribution in [0, 0.1) is 11.3 Å². The van der Waals surface area contributed by atoms with E-state index in [1.54, 1.807) is 0 Å². The number of hydrogen-bond donors (Lipinski definition) is 0. The fourth-order valence-electron chi connectivity index (χ4n) is 1.61. The molecule has 0 aliphatic carbocycles. The fraction of sp³-hybridized carbons (Fsp3) is 0.900. The van der Waals surface area contributed by atoms with Crippen molar-refractivity contribution >= 4 is 8.56 Å². The summed E-state index contributed by atoms with van der Waals surface area (Å²) in [5, 5.41) is 8.60. The summed E-state index contributed by atoms with van der Waals surface area (Å²) in [6.45, 7) is 7.49. The van der Waals surface area contributed by atoms with E-state index in [0.29, 0.717) is 19.6 Å². The Hall–Kier alpha value is -0.373. The second-order valence-corrected chi connectivity index (χ2v) is 6.58. The van der Waals surface area contributed by atoms with Crippen LogP contribution in [0.5, 0.6) is 0 Å². The molecule has 0 fully saturated rings. The van der Waals surface area contributed by atoms with Crippen molar-refractivity contribution in [3.05, 3.63) is 0 Å². The summed E-state index contributed by atoms with van der Waals surface area (Å²) >= 11 is 0. The quantitative estimate of drug-likeness (QED) is 0.585. The van der Waals surface area contributed by atoms with Gasteiger partial charge >= 0.3 is 8.56 Å². The average Bonchev–Trinajstić information content (AvgIpc) is 2.16. The molecule has 0 N–H and O–H groups in total. The van der Waals surface area contributed by atoms with Gasteiger partial charge in [0.25, 0.3) is 0 Å². The van der Waals surface area contributed by atoms with Gasteiger partial charge in [-0.1, -0.05) is 13.3 Å². The van der Waals surface area contributed by atoms with E-state index in [-0.39, 0.29) is 0 Å². The lowest BCUT2D eigenvalue weighted by atomic mass is 10.6. The third-order valence-electron chi connectivity index (χ3n) is 2.06. The van der Waals surface area contributed by atoms with Gasteiger partial charge in [0, 0.05) is 25.7 Å². The molecule has 0 bridgehead atoms. The molecule has 0 rings (SSSR count). The van der Waals surface area contributed by atoms with E-state index in [2.05, 4.69) is 13.0 Å². The Morgan fingerprint density at radius 1 is 1.07 bits per heavy atom. The van der Waals surface area contributed by atoms with Crippen LogP contribution in [0.25, 0.3) is 0 Å². The van der Waals surface area contributed by atoms with Crippen LogP contribution in [0.15, 0.2) is 0 Å². The number of rotatable bonds is 8. The minimum atomic E-state index is -2.04. The van der Waals surface area contributed by atoms with E-state index >= 15 is 0 Å². The summed E-state index contributed by atoms with van der Waals surface area (Å²) in [4.78, 5) is 0. The van der Waals surface area contributed by atoms with Gasteiger partial charge in [-0.25, -0.2) is 0 Å². The Morgan fingerprint density at radius 2 is 1.64 bits per heavy atom. The van der Waals surface area contributed by atoms with Crippen molar-refractivity contribution < 1.29 is 8.85 Å². The van der Waals surface area contributed by atoms with Gasteiger partial charge in [0.2, 0.25) is 0 Å². The van der Waals surface area contributed by atoms with Gasteiger partial charge in [0.05, 0.1) is 6.07 Å². The number of nitrogens with zero attached hydrogens (tertiary/aromatic N) is 1. The highest BCUT2D eigenvalue weighted by atomic mass is 28.4. The molecular formula is C10H21NO2Si. The first-order valence-electron chi connectivity index (χ1n) is 5.39. The molecule has 0 heterocycles. The fourth-order valence-corrected chi connectivity index (χ4v) is 4.83. The molecule has 0 aromatic carbocycles. The van der Waals surface area contributed by atoms with Gasteiger partial charge in [-0.15, -0.1) is 0 Å². The van der Waals surface area contributed by atoms with Gasteiger partial charge < -0.3 is 8.85 Å². The minimum Gasteiger partial charge on any atom is -0.394 e. The molecule has 0 saturated carbocycles. The Morgan fingerprint density at radius 3 is 2.00 bits per heavy atom. The van der Waals surface area contributed by atoms with Crippen molar-refractivity contribution in [1.82, 2.24) is 0 Å². The van der Waals surface area contributed by atoms with Crippen molar-refractivity contribution in [3.63, 3.8) is 0 Å². The third kappa shape index (κ3) is 4.75. The molecule has 0 atom stereocenters. The van der Waals surface area contributed by atoms with Crippen LogP contribution in [0.3, 0.4) is 0 Å². The van der Waals surface area contributed by atoms with E-state index in [9.17, 15) is 0 Å². The highest BCUT2D eigenvalue weighted by Gasteiger charge is 2.35. The molecule has 0 aliphatic heterocycles. The normalized spacial score (nSPS) is 11.3. The van der Waals surface area contributed by atoms with Crippen LogP contribution < -0.4 is 0 Å². The van der Waals surface area contributed by atoms with Gasteiger partial charge in [-0.3, -0.25) is 0 Å². The van der Waals surface area contributed by atoms with E-state index in [1.165, 1.54) is 0 Å². The van der Waals surface area contributed by atoms with Gasteiger partial charge in [-0.2, -0.15) is 5.26 Å². The Labute approximate surface area is 88.3 Å². The van der Waals surface area contributed by atoms with Crippen molar-refractivity contribution in [3.8, 4) is 6.07 Å². The Balaban J connectivity index is 4.30. The lowest BCUT2D eigenvalue weighted by molar-refractivity contribution is 0.182. The summed E-state index contributed by atoms with van der Waals surface area (Å²) in [5.41, 5.74) is 0. The van der Waals surface area contributed by atoms with E-state index < -0.39 is 8.56 Å². The van der Waals surface area contributed by atoms with Gasteiger partial charge in [-0.05, 0) is 19.9 Å². The van der Waals surface area contributed by atoms with Crippen LogP contribution in [-0.2, 0) is 8.85 Å². The van der Waals surface area contributed by atoms with Crippen molar-refractivity contribution in [2.75, 3.05) is 13.2 Å². The van der Waals surface area contributed by atoms with Gasteiger partial charge in [0.15, 0.2) is 0 Å². The van der Waals surface area contributed by atoms with Crippen molar-refractivity contribution in [2.24, 2.45) is 0 Å². The van der Waals surface area contributed by atoms with Crippen LogP contribution in [0.2, 0.25) is 12.1 Å². The summed E-state index contributed by atoms with van der Waals surface area (Å²) in [7, 11) is -2.04. The van der Waals surface area contributed by atoms with E-state index in [1.807, 2.05) is 13.8 Å². The smallest absolute Gasteiger partial charge is 0.339 e. The van der Waals surface area contributed by atoms with Crippen LogP contribution in [0.4, 0.5) is 0 Å². The average molecular weight is 215 g/mol. The third-order valence-corrected chi connectivity index (χ3v) is 5.97. The molecule has 14 heavy (non-hydrogen) atoms. The molecule has 0 radical (unpaired) electrons. The molecule has 0 spiro atoms. The molecule has 0 aromatic heterocycles. The highest BCUT2D eigenvalue weighted by molar-refractivity contribution is 6.67. The lowest BCUT2D eigenvalue weighted by Gasteiger charge is -2.28. The SMILES string of the molecule is CCC[Si](CCC#N)(OCC)OCC. The zero-order valence-electron chi connectivity index (χ0n) is 9.51. The predicted molar refractivity (Wildman–Crippen MR) is 59.1 cm³/mol. The monoisotopic (exact) mass is 215 g/mol. The molecule has 82 valence electrons. The second-order valence-electron chi connectivity index (χ2n) is 3.18. The summed E-state index contributed by atoms with van der Waals surface area (Å²) in [6.07, 6.45) is 1.61. The van der Waals surface area contributed by atoms with Crippen molar-refractivity contribution in [1.29, 1.82) is 5.26 Å². The zero-order valence-corrected chi connectivity index (χ0v) is 10.5. The van der Waals surface area contributed by atoms with Crippen LogP contribution >= 0.6 is 0 Å². The summed E-state index contributed by atoms with van der Waals surface area (Å²) < 4.78 is 11.6. The van der Waals surface area contributed by atoms with Crippen LogP contribution in [0.1, 0.15) is 33.6 Å². The summed E-state index contributed by atoms with van der Waals surface area (Å²) in [5.74, 6) is 0. The molecule has 3 nitrogen and oxygen atoms in total. The molecule has 4 heteroatoms. The topological polar surface area (TPSA) is 42.2 Å². The molecule has 0 unspecified atom stereocenters. The predicted octanol–water partition coefficient (Wildman–Crippen LogP) is 2.83. The maximum atomic E-state index is 8.60. The first kappa shape index (κ1) is 13.6. The largest absolute Gasteiger partial charge is 0.394 e.